The van der Waals surface area contributed by atoms with Crippen molar-refractivity contribution in [2.45, 2.75) is 19.3 Å². The predicted molar refractivity (Wildman–Crippen MR) is 78.0 cm³/mol. The van der Waals surface area contributed by atoms with Gasteiger partial charge in [-0.1, -0.05) is 30.3 Å². The third kappa shape index (κ3) is 4.92. The second-order valence-corrected chi connectivity index (χ2v) is 5.23. The Hall–Kier alpha value is -2.35. The first-order valence-corrected chi connectivity index (χ1v) is 7.19. The summed E-state index contributed by atoms with van der Waals surface area (Å²) in [5, 5.41) is 14.6. The average molecular weight is 285 g/mol. The maximum absolute atomic E-state index is 11.9. The van der Waals surface area contributed by atoms with Crippen molar-refractivity contribution in [3.63, 3.8) is 0 Å². The molecule has 1 unspecified atom stereocenters. The van der Waals surface area contributed by atoms with Crippen molar-refractivity contribution < 1.29 is 9.59 Å². The smallest absolute Gasteiger partial charge is 0.237 e. The van der Waals surface area contributed by atoms with Crippen LogP contribution in [0.2, 0.25) is 0 Å². The van der Waals surface area contributed by atoms with Crippen LogP contribution in [0.15, 0.2) is 30.3 Å². The molecule has 1 aliphatic carbocycles. The highest BCUT2D eigenvalue weighted by molar-refractivity contribution is 5.82. The number of nitriles is 1. The van der Waals surface area contributed by atoms with Crippen LogP contribution in [0.3, 0.4) is 0 Å². The molecule has 1 aromatic carbocycles. The van der Waals surface area contributed by atoms with E-state index in [1.165, 1.54) is 0 Å². The van der Waals surface area contributed by atoms with Crippen molar-refractivity contribution in [1.29, 1.82) is 5.26 Å². The van der Waals surface area contributed by atoms with E-state index in [1.54, 1.807) is 0 Å². The van der Waals surface area contributed by atoms with Crippen LogP contribution >= 0.6 is 0 Å². The van der Waals surface area contributed by atoms with Crippen molar-refractivity contribution in [2.24, 2.45) is 11.8 Å². The van der Waals surface area contributed by atoms with Gasteiger partial charge in [-0.3, -0.25) is 9.59 Å². The zero-order chi connectivity index (χ0) is 15.1. The fourth-order valence-electron chi connectivity index (χ4n) is 2.03. The van der Waals surface area contributed by atoms with Crippen LogP contribution in [-0.2, 0) is 16.0 Å². The van der Waals surface area contributed by atoms with Gasteiger partial charge in [0, 0.05) is 19.0 Å². The molecule has 5 nitrogen and oxygen atoms in total. The summed E-state index contributed by atoms with van der Waals surface area (Å²) in [5.74, 6) is -0.760. The lowest BCUT2D eigenvalue weighted by Gasteiger charge is -2.11. The maximum Gasteiger partial charge on any atom is 0.237 e. The number of hydrogen-bond acceptors (Lipinski definition) is 3. The standard InChI is InChI=1S/C16H19N3O2/c17-11-14(10-12-4-2-1-3-5-12)16(21)19-9-8-18-15(20)13-6-7-13/h1-5,13-14H,6-10H2,(H,18,20)(H,19,21). The van der Waals surface area contributed by atoms with Crippen LogP contribution in [0.1, 0.15) is 18.4 Å². The minimum absolute atomic E-state index is 0.0605. The lowest BCUT2D eigenvalue weighted by atomic mass is 10.00. The molecule has 0 spiro atoms. The van der Waals surface area contributed by atoms with E-state index in [9.17, 15) is 9.59 Å². The minimum atomic E-state index is -0.702. The van der Waals surface area contributed by atoms with Gasteiger partial charge in [0.2, 0.25) is 11.8 Å². The predicted octanol–water partition coefficient (Wildman–Crippen LogP) is 1.01. The second-order valence-electron chi connectivity index (χ2n) is 5.23. The molecule has 0 saturated heterocycles. The summed E-state index contributed by atoms with van der Waals surface area (Å²) in [4.78, 5) is 23.3. The van der Waals surface area contributed by atoms with Crippen molar-refractivity contribution in [2.75, 3.05) is 13.1 Å². The number of amides is 2. The first kappa shape index (κ1) is 15.0. The van der Waals surface area contributed by atoms with Crippen LogP contribution in [0, 0.1) is 23.2 Å². The Labute approximate surface area is 124 Å². The number of hydrogen-bond donors (Lipinski definition) is 2. The third-order valence-corrected chi connectivity index (χ3v) is 3.43. The van der Waals surface area contributed by atoms with E-state index < -0.39 is 5.92 Å². The van der Waals surface area contributed by atoms with Gasteiger partial charge in [-0.15, -0.1) is 0 Å². The number of carbonyl (C=O) groups excluding carboxylic acids is 2. The van der Waals surface area contributed by atoms with E-state index in [0.29, 0.717) is 19.5 Å². The number of carbonyl (C=O) groups is 2. The van der Waals surface area contributed by atoms with Gasteiger partial charge >= 0.3 is 0 Å². The number of nitrogens with zero attached hydrogens (tertiary/aromatic N) is 1. The molecule has 0 bridgehead atoms. The van der Waals surface area contributed by atoms with Crippen LogP contribution < -0.4 is 10.6 Å². The third-order valence-electron chi connectivity index (χ3n) is 3.43. The van der Waals surface area contributed by atoms with Crippen molar-refractivity contribution in [3.8, 4) is 6.07 Å². The molecule has 1 fully saturated rings. The molecule has 21 heavy (non-hydrogen) atoms. The largest absolute Gasteiger partial charge is 0.354 e. The normalized spacial score (nSPS) is 14.8. The second kappa shape index (κ2) is 7.44. The highest BCUT2D eigenvalue weighted by atomic mass is 16.2. The summed E-state index contributed by atoms with van der Waals surface area (Å²) in [5.41, 5.74) is 0.959. The van der Waals surface area contributed by atoms with Gasteiger partial charge in [-0.05, 0) is 24.8 Å². The van der Waals surface area contributed by atoms with E-state index in [2.05, 4.69) is 10.6 Å². The Bertz CT molecular complexity index is 532. The van der Waals surface area contributed by atoms with Crippen LogP contribution in [0.4, 0.5) is 0 Å². The van der Waals surface area contributed by atoms with Gasteiger partial charge < -0.3 is 10.6 Å². The first-order valence-electron chi connectivity index (χ1n) is 7.19. The fraction of sp³-hybridized carbons (Fsp3) is 0.438. The van der Waals surface area contributed by atoms with Gasteiger partial charge in [0.15, 0.2) is 0 Å². The molecular weight excluding hydrogens is 266 g/mol. The van der Waals surface area contributed by atoms with Crippen molar-refractivity contribution in [3.05, 3.63) is 35.9 Å². The summed E-state index contributed by atoms with van der Waals surface area (Å²) in [6.07, 6.45) is 2.33. The Morgan fingerprint density at radius 1 is 1.19 bits per heavy atom. The topological polar surface area (TPSA) is 82.0 Å². The summed E-state index contributed by atoms with van der Waals surface area (Å²) >= 11 is 0. The molecule has 2 rings (SSSR count). The van der Waals surface area contributed by atoms with Crippen LogP contribution in [-0.4, -0.2) is 24.9 Å². The molecule has 1 aromatic rings. The van der Waals surface area contributed by atoms with E-state index in [-0.39, 0.29) is 17.7 Å². The van der Waals surface area contributed by atoms with Crippen molar-refractivity contribution >= 4 is 11.8 Å². The Morgan fingerprint density at radius 3 is 2.48 bits per heavy atom. The van der Waals surface area contributed by atoms with Crippen LogP contribution in [0.5, 0.6) is 0 Å². The molecule has 0 aromatic heterocycles. The fourth-order valence-corrected chi connectivity index (χ4v) is 2.03. The molecule has 1 saturated carbocycles. The van der Waals surface area contributed by atoms with Crippen molar-refractivity contribution in [1.82, 2.24) is 10.6 Å². The monoisotopic (exact) mass is 285 g/mol. The SMILES string of the molecule is N#CC(Cc1ccccc1)C(=O)NCCNC(=O)C1CC1. The van der Waals surface area contributed by atoms with Gasteiger partial charge in [-0.2, -0.15) is 5.26 Å². The molecule has 0 aliphatic heterocycles. The summed E-state index contributed by atoms with van der Waals surface area (Å²) in [6.45, 7) is 0.759. The molecule has 5 heteroatoms. The molecule has 0 radical (unpaired) electrons. The quantitative estimate of drug-likeness (QED) is 0.734. The molecule has 2 amide bonds. The highest BCUT2D eigenvalue weighted by Gasteiger charge is 2.29. The summed E-state index contributed by atoms with van der Waals surface area (Å²) < 4.78 is 0. The van der Waals surface area contributed by atoms with Gasteiger partial charge in [0.25, 0.3) is 0 Å². The highest BCUT2D eigenvalue weighted by Crippen LogP contribution is 2.28. The first-order chi connectivity index (χ1) is 10.2. The summed E-state index contributed by atoms with van der Waals surface area (Å²) in [7, 11) is 0. The van der Waals surface area contributed by atoms with Crippen LogP contribution in [0.25, 0.3) is 0 Å². The average Bonchev–Trinajstić information content (AvgIpc) is 3.34. The lowest BCUT2D eigenvalue weighted by Crippen LogP contribution is -2.38. The lowest BCUT2D eigenvalue weighted by molar-refractivity contribution is -0.124. The molecule has 0 heterocycles. The molecule has 1 atom stereocenters. The van der Waals surface area contributed by atoms with Gasteiger partial charge in [0.1, 0.15) is 5.92 Å². The number of rotatable bonds is 7. The van der Waals surface area contributed by atoms with E-state index in [4.69, 9.17) is 5.26 Å². The zero-order valence-electron chi connectivity index (χ0n) is 11.8. The molecule has 110 valence electrons. The zero-order valence-corrected chi connectivity index (χ0v) is 11.8. The Morgan fingerprint density at radius 2 is 1.86 bits per heavy atom. The molecule has 1 aliphatic rings. The minimum Gasteiger partial charge on any atom is -0.354 e. The number of nitrogens with one attached hydrogen (secondary N) is 2. The molecule has 2 N–H and O–H groups in total. The maximum atomic E-state index is 11.9. The Kier molecular flexibility index (Phi) is 5.33. The summed E-state index contributed by atoms with van der Waals surface area (Å²) in [6, 6.07) is 11.5. The Balaban J connectivity index is 1.70. The van der Waals surface area contributed by atoms with E-state index >= 15 is 0 Å². The van der Waals surface area contributed by atoms with Gasteiger partial charge in [0.05, 0.1) is 6.07 Å². The molecular formula is C16H19N3O2. The van der Waals surface area contributed by atoms with E-state index in [1.807, 2.05) is 36.4 Å². The van der Waals surface area contributed by atoms with Gasteiger partial charge in [-0.25, -0.2) is 0 Å². The van der Waals surface area contributed by atoms with E-state index in [0.717, 1.165) is 18.4 Å². The number of benzene rings is 1.